The van der Waals surface area contributed by atoms with E-state index in [2.05, 4.69) is 37.9 Å². The molecule has 0 spiro atoms. The molecule has 0 heterocycles. The molecule has 0 aliphatic heterocycles. The molecule has 0 N–H and O–H groups in total. The van der Waals surface area contributed by atoms with Gasteiger partial charge in [-0.2, -0.15) is 15.8 Å². The summed E-state index contributed by atoms with van der Waals surface area (Å²) in [7, 11) is 0. The van der Waals surface area contributed by atoms with Crippen LogP contribution in [0.5, 0.6) is 0 Å². The van der Waals surface area contributed by atoms with Crippen LogP contribution in [0.4, 0.5) is 0 Å². The van der Waals surface area contributed by atoms with Gasteiger partial charge >= 0.3 is 0 Å². The Bertz CT molecular complexity index is 112. The number of rotatable bonds is 0. The summed E-state index contributed by atoms with van der Waals surface area (Å²) in [6.07, 6.45) is 0. The molecule has 56 valence electrons. The molecule has 10 heavy (non-hydrogen) atoms. The van der Waals surface area contributed by atoms with Crippen LogP contribution in [-0.2, 0) is 17.1 Å². The van der Waals surface area contributed by atoms with Gasteiger partial charge in [-0.15, -0.1) is 0 Å². The van der Waals surface area contributed by atoms with E-state index in [1.54, 1.807) is 0 Å². The van der Waals surface area contributed by atoms with E-state index < -0.39 is 0 Å². The molecule has 0 saturated carbocycles. The van der Waals surface area contributed by atoms with E-state index in [-0.39, 0.29) is 17.1 Å². The molecule has 0 atom stereocenters. The van der Waals surface area contributed by atoms with Crippen LogP contribution < -0.4 is 0 Å². The molecule has 0 amide bonds. The van der Waals surface area contributed by atoms with Crippen molar-refractivity contribution in [3.63, 3.8) is 0 Å². The quantitative estimate of drug-likeness (QED) is 0.334. The summed E-state index contributed by atoms with van der Waals surface area (Å²) >= 11 is 9.28. The van der Waals surface area contributed by atoms with E-state index in [4.69, 9.17) is 15.8 Å². The molecule has 0 fully saturated rings. The van der Waals surface area contributed by atoms with Crippen molar-refractivity contribution in [2.24, 2.45) is 0 Å². The van der Waals surface area contributed by atoms with Gasteiger partial charge in [0.15, 0.2) is 0 Å². The van der Waals surface area contributed by atoms with Crippen molar-refractivity contribution >= 4 is 37.9 Å². The third kappa shape index (κ3) is 256000. The number of hydrogen-bond donors (Lipinski definition) is 3. The Hall–Kier alpha value is 0.0395. The van der Waals surface area contributed by atoms with Crippen LogP contribution in [-0.4, -0.2) is 0 Å². The molecule has 0 saturated heterocycles. The second-order valence-corrected chi connectivity index (χ2v) is 0.900. The Labute approximate surface area is 86.7 Å². The summed E-state index contributed by atoms with van der Waals surface area (Å²) in [4.78, 5) is 0. The Morgan fingerprint density at radius 1 is 0.700 bits per heavy atom. The van der Waals surface area contributed by atoms with E-state index >= 15 is 0 Å². The maximum Gasteiger partial charge on any atom is 0.130 e. The molecular weight excluding hydrogens is 230 g/mol. The second kappa shape index (κ2) is 63.2. The Morgan fingerprint density at radius 2 is 0.700 bits per heavy atom. The average Bonchev–Trinajstić information content (AvgIpc) is 1.70. The minimum atomic E-state index is 0. The minimum absolute atomic E-state index is 0. The summed E-state index contributed by atoms with van der Waals surface area (Å²) in [5.74, 6) is 0. The van der Waals surface area contributed by atoms with Gasteiger partial charge in [0.1, 0.15) is 16.2 Å². The predicted molar refractivity (Wildman–Crippen MR) is 43.8 cm³/mol. The van der Waals surface area contributed by atoms with Crippen molar-refractivity contribution in [1.82, 2.24) is 0 Å². The molecule has 0 aliphatic rings. The number of nitrogens with zero attached hydrogens (tertiary/aromatic N) is 3. The zero-order chi connectivity index (χ0) is 8.12. The molecule has 0 aromatic heterocycles. The number of thiol groups is 3. The van der Waals surface area contributed by atoms with Gasteiger partial charge in [0.2, 0.25) is 0 Å². The van der Waals surface area contributed by atoms with Crippen molar-refractivity contribution in [2.45, 2.75) is 0 Å². The molecule has 0 aliphatic carbocycles. The Morgan fingerprint density at radius 3 is 0.700 bits per heavy atom. The number of nitriles is 3. The zero-order valence-corrected chi connectivity index (χ0v) is 8.32. The second-order valence-electron chi connectivity index (χ2n) is 0.300. The summed E-state index contributed by atoms with van der Waals surface area (Å²) in [6.45, 7) is 0. The van der Waals surface area contributed by atoms with Crippen LogP contribution in [0.15, 0.2) is 0 Å². The maximum absolute atomic E-state index is 7.18. The summed E-state index contributed by atoms with van der Waals surface area (Å²) in [5, 5.41) is 25.9. The van der Waals surface area contributed by atoms with Crippen LogP contribution in [0.3, 0.4) is 0 Å². The van der Waals surface area contributed by atoms with E-state index in [9.17, 15) is 0 Å². The average molecular weight is 233 g/mol. The number of thiocyanates is 3. The Balaban J connectivity index is -0.0000000257. The first kappa shape index (κ1) is 22.5. The van der Waals surface area contributed by atoms with Gasteiger partial charge in [-0.05, 0) is 0 Å². The molecule has 0 radical (unpaired) electrons. The Kier molecular flexibility index (Phi) is 142. The first-order valence-corrected chi connectivity index (χ1v) is 2.68. The summed E-state index contributed by atoms with van der Waals surface area (Å²) in [6, 6.07) is 0. The molecule has 0 bridgehead atoms. The van der Waals surface area contributed by atoms with Gasteiger partial charge in [-0.3, -0.25) is 0 Å². The van der Waals surface area contributed by atoms with Crippen molar-refractivity contribution in [3.05, 3.63) is 0 Å². The van der Waals surface area contributed by atoms with Gasteiger partial charge in [-0.1, -0.05) is 37.9 Å². The third-order valence-corrected chi connectivity index (χ3v) is 0. The monoisotopic (exact) mass is 233 g/mol. The summed E-state index contributed by atoms with van der Waals surface area (Å²) < 4.78 is 0. The molecule has 0 unspecified atom stereocenters. The fourth-order valence-corrected chi connectivity index (χ4v) is 0. The topological polar surface area (TPSA) is 71.4 Å². The molecule has 7 heteroatoms. The zero-order valence-electron chi connectivity index (χ0n) is 4.54. The smallest absolute Gasteiger partial charge is 0.130 e. The van der Waals surface area contributed by atoms with Gasteiger partial charge in [0.05, 0.1) is 0 Å². The van der Waals surface area contributed by atoms with Crippen LogP contribution in [0.2, 0.25) is 0 Å². The fourth-order valence-electron chi connectivity index (χ4n) is 0. The molecular formula is C3H3FeN3S3. The minimum Gasteiger partial charge on any atom is -0.185 e. The molecule has 3 nitrogen and oxygen atoms in total. The van der Waals surface area contributed by atoms with E-state index in [1.165, 1.54) is 16.2 Å². The van der Waals surface area contributed by atoms with E-state index in [1.807, 2.05) is 0 Å². The normalized spacial score (nSPS) is 2.40. The first-order chi connectivity index (χ1) is 4.24. The van der Waals surface area contributed by atoms with Crippen LogP contribution in [0, 0.1) is 32.0 Å². The van der Waals surface area contributed by atoms with Crippen LogP contribution in [0.1, 0.15) is 0 Å². The van der Waals surface area contributed by atoms with Gasteiger partial charge in [-0.25, -0.2) is 0 Å². The van der Waals surface area contributed by atoms with Crippen molar-refractivity contribution < 1.29 is 17.1 Å². The van der Waals surface area contributed by atoms with Crippen LogP contribution in [0.25, 0.3) is 0 Å². The maximum atomic E-state index is 7.18. The number of hydrogen-bond acceptors (Lipinski definition) is 6. The van der Waals surface area contributed by atoms with Gasteiger partial charge < -0.3 is 0 Å². The predicted octanol–water partition coefficient (Wildman–Crippen LogP) is 1.19. The third-order valence-electron chi connectivity index (χ3n) is 0. The van der Waals surface area contributed by atoms with Crippen molar-refractivity contribution in [1.29, 1.82) is 15.8 Å². The molecule has 0 aromatic rings. The standard InChI is InChI=1S/3CHNS.Fe/c3*2-1-3;/h3*3H;. The van der Waals surface area contributed by atoms with Crippen molar-refractivity contribution in [3.8, 4) is 16.2 Å². The first-order valence-electron chi connectivity index (χ1n) is 1.34. The van der Waals surface area contributed by atoms with Crippen molar-refractivity contribution in [2.75, 3.05) is 0 Å². The largest absolute Gasteiger partial charge is 0.185 e. The SMILES string of the molecule is N#CS.N#CS.N#CS.[Fe]. The van der Waals surface area contributed by atoms with Gasteiger partial charge in [0, 0.05) is 17.1 Å². The van der Waals surface area contributed by atoms with E-state index in [0.29, 0.717) is 0 Å². The van der Waals surface area contributed by atoms with Crippen LogP contribution >= 0.6 is 37.9 Å². The summed E-state index contributed by atoms with van der Waals surface area (Å²) in [5.41, 5.74) is 0. The molecule has 0 rings (SSSR count). The van der Waals surface area contributed by atoms with Gasteiger partial charge in [0.25, 0.3) is 0 Å². The molecule has 0 aromatic carbocycles. The van der Waals surface area contributed by atoms with E-state index in [0.717, 1.165) is 0 Å². The fraction of sp³-hybridized carbons (Fsp3) is 0.